The molecule has 4 rings (SSSR count). The van der Waals surface area contributed by atoms with Gasteiger partial charge in [0.05, 0.1) is 0 Å². The number of nitrogens with zero attached hydrogens (tertiary/aromatic N) is 1. The fourth-order valence-corrected chi connectivity index (χ4v) is 11.2. The first kappa shape index (κ1) is 25.4. The molecule has 1 nitrogen and oxygen atoms in total. The van der Waals surface area contributed by atoms with Crippen LogP contribution in [0.4, 0.5) is 0 Å². The van der Waals surface area contributed by atoms with Gasteiger partial charge in [0.15, 0.2) is 0 Å². The van der Waals surface area contributed by atoms with E-state index in [4.69, 9.17) is 4.65 Å². The summed E-state index contributed by atoms with van der Waals surface area (Å²) in [7, 11) is -2.21. The smallest absolute Gasteiger partial charge is 0.668 e. The van der Waals surface area contributed by atoms with E-state index in [1.54, 1.807) is 0 Å². The third kappa shape index (κ3) is 9.73. The van der Waals surface area contributed by atoms with E-state index in [1.807, 2.05) is 0 Å². The van der Waals surface area contributed by atoms with Crippen molar-refractivity contribution >= 4 is 38.0 Å². The molecule has 0 aliphatic carbocycles. The molecule has 0 spiro atoms. The van der Waals surface area contributed by atoms with Gasteiger partial charge < -0.3 is 4.65 Å². The van der Waals surface area contributed by atoms with Gasteiger partial charge >= 0.3 is 39.9 Å². The number of hydrogen-bond acceptors (Lipinski definition) is 0. The van der Waals surface area contributed by atoms with Gasteiger partial charge in [-0.1, -0.05) is 67.9 Å². The minimum absolute atomic E-state index is 0. The first-order chi connectivity index (χ1) is 12.6. The summed E-state index contributed by atoms with van der Waals surface area (Å²) in [5.41, 5.74) is 0. The second kappa shape index (κ2) is 11.5. The average molecular weight is 548 g/mol. The summed E-state index contributed by atoms with van der Waals surface area (Å²) in [6.45, 7) is 13.8. The van der Waals surface area contributed by atoms with Crippen LogP contribution in [0.1, 0.15) is 0 Å². The SMILES string of the molecule is C[Si](C)(C)[N-][Si](C)(C)C.[Gd+3].c1ccc2[cH-]ccc2c1.c1ccc2[cH-]ccc2c1. The van der Waals surface area contributed by atoms with E-state index in [2.05, 4.69) is 124 Å². The zero-order valence-electron chi connectivity index (χ0n) is 17.9. The number of rotatable bonds is 2. The Hall–Kier alpha value is -0.622. The largest absolute Gasteiger partial charge is 3.00 e. The number of benzene rings is 2. The van der Waals surface area contributed by atoms with E-state index < -0.39 is 16.5 Å². The Morgan fingerprint density at radius 1 is 0.571 bits per heavy atom. The van der Waals surface area contributed by atoms with Crippen LogP contribution in [-0.4, -0.2) is 16.5 Å². The summed E-state index contributed by atoms with van der Waals surface area (Å²) in [4.78, 5) is 0. The Balaban J connectivity index is 0.000000206. The average Bonchev–Trinajstić information content (AvgIpc) is 3.21. The van der Waals surface area contributed by atoms with E-state index in [-0.39, 0.29) is 39.9 Å². The zero-order valence-corrected chi connectivity index (χ0v) is 22.2. The maximum absolute atomic E-state index is 4.82. The molecule has 0 aliphatic heterocycles. The van der Waals surface area contributed by atoms with Crippen LogP contribution >= 0.6 is 0 Å². The van der Waals surface area contributed by atoms with Crippen molar-refractivity contribution in [2.45, 2.75) is 39.3 Å². The number of fused-ring (bicyclic) bond motifs is 2. The predicted molar refractivity (Wildman–Crippen MR) is 129 cm³/mol. The van der Waals surface area contributed by atoms with E-state index >= 15 is 0 Å². The van der Waals surface area contributed by atoms with Gasteiger partial charge in [-0.3, -0.25) is 0 Å². The van der Waals surface area contributed by atoms with E-state index in [9.17, 15) is 0 Å². The van der Waals surface area contributed by atoms with Crippen molar-refractivity contribution in [3.63, 3.8) is 0 Å². The van der Waals surface area contributed by atoms with Gasteiger partial charge in [0.1, 0.15) is 0 Å². The molecular weight excluding hydrogens is 516 g/mol. The van der Waals surface area contributed by atoms with Crippen molar-refractivity contribution < 1.29 is 39.9 Å². The Morgan fingerprint density at radius 3 is 1.21 bits per heavy atom. The molecule has 0 N–H and O–H groups in total. The predicted octanol–water partition coefficient (Wildman–Crippen LogP) is 8.15. The van der Waals surface area contributed by atoms with Crippen molar-refractivity contribution in [1.29, 1.82) is 0 Å². The Bertz CT molecular complexity index is 804. The third-order valence-corrected chi connectivity index (χ3v) is 9.13. The van der Waals surface area contributed by atoms with Gasteiger partial charge in [-0.15, -0.1) is 59.3 Å². The van der Waals surface area contributed by atoms with Crippen molar-refractivity contribution in [2.75, 3.05) is 0 Å². The van der Waals surface area contributed by atoms with E-state index in [1.165, 1.54) is 21.5 Å². The van der Waals surface area contributed by atoms with Crippen LogP contribution in [0.15, 0.2) is 84.9 Å². The van der Waals surface area contributed by atoms with Crippen LogP contribution in [0.5, 0.6) is 0 Å². The molecule has 0 amide bonds. The summed E-state index contributed by atoms with van der Waals surface area (Å²) in [6, 6.07) is 29.3. The molecule has 28 heavy (non-hydrogen) atoms. The maximum atomic E-state index is 4.82. The topological polar surface area (TPSA) is 14.1 Å². The van der Waals surface area contributed by atoms with Crippen LogP contribution in [0.3, 0.4) is 0 Å². The Morgan fingerprint density at radius 2 is 0.929 bits per heavy atom. The van der Waals surface area contributed by atoms with Gasteiger partial charge in [-0.05, 0) is 0 Å². The fourth-order valence-electron chi connectivity index (χ4n) is 3.15. The van der Waals surface area contributed by atoms with Crippen LogP contribution in [0, 0.1) is 39.9 Å². The molecule has 0 heterocycles. The molecule has 149 valence electrons. The number of hydrogen-bond donors (Lipinski definition) is 0. The molecule has 0 fully saturated rings. The van der Waals surface area contributed by atoms with E-state index in [0.717, 1.165) is 0 Å². The summed E-state index contributed by atoms with van der Waals surface area (Å²) in [6.07, 6.45) is 0. The minimum Gasteiger partial charge on any atom is -0.668 e. The second-order valence-corrected chi connectivity index (χ2v) is 18.3. The molecule has 4 aromatic carbocycles. The molecule has 0 unspecified atom stereocenters. The Kier molecular flexibility index (Phi) is 10.5. The van der Waals surface area contributed by atoms with Gasteiger partial charge in [-0.2, -0.15) is 35.0 Å². The van der Waals surface area contributed by atoms with Gasteiger partial charge in [0, 0.05) is 0 Å². The van der Waals surface area contributed by atoms with Crippen LogP contribution < -0.4 is 0 Å². The molecule has 0 bridgehead atoms. The van der Waals surface area contributed by atoms with E-state index in [0.29, 0.717) is 0 Å². The molecule has 1 radical (unpaired) electrons. The van der Waals surface area contributed by atoms with Crippen LogP contribution in [0.25, 0.3) is 26.2 Å². The monoisotopic (exact) mass is 548 g/mol. The van der Waals surface area contributed by atoms with Crippen molar-refractivity contribution in [2.24, 2.45) is 0 Å². The standard InChI is InChI=1S/2C9H7.C6H18NSi2.Gd/c2*1-2-5-9-7-3-6-8(9)4-1;1-8(2,3)7-9(4,5)6;/h2*1-7H;1-6H3;/q3*-1;+3. The summed E-state index contributed by atoms with van der Waals surface area (Å²) >= 11 is 0. The molecule has 0 aliphatic rings. The minimum atomic E-state index is -1.11. The van der Waals surface area contributed by atoms with Crippen molar-refractivity contribution in [3.8, 4) is 0 Å². The van der Waals surface area contributed by atoms with Crippen molar-refractivity contribution in [3.05, 3.63) is 89.6 Å². The van der Waals surface area contributed by atoms with Gasteiger partial charge in [0.2, 0.25) is 0 Å². The molecule has 0 saturated carbocycles. The first-order valence-electron chi connectivity index (χ1n) is 9.59. The Labute approximate surface area is 205 Å². The first-order valence-corrected chi connectivity index (χ1v) is 16.5. The maximum Gasteiger partial charge on any atom is 3.00 e. The second-order valence-electron chi connectivity index (χ2n) is 8.76. The fraction of sp³-hybridized carbons (Fsp3) is 0.250. The summed E-state index contributed by atoms with van der Waals surface area (Å²) < 4.78 is 4.82. The normalized spacial score (nSPS) is 11.1. The molecule has 0 atom stereocenters. The van der Waals surface area contributed by atoms with Gasteiger partial charge in [0.25, 0.3) is 0 Å². The third-order valence-electron chi connectivity index (χ3n) is 3.77. The molecular formula is C24H32GdNSi2. The molecule has 4 heteroatoms. The molecule has 0 aromatic heterocycles. The molecule has 4 aromatic rings. The summed E-state index contributed by atoms with van der Waals surface area (Å²) in [5, 5.41) is 5.32. The van der Waals surface area contributed by atoms with Gasteiger partial charge in [-0.25, -0.2) is 0 Å². The summed E-state index contributed by atoms with van der Waals surface area (Å²) in [5.74, 6) is 0. The zero-order chi connectivity index (χ0) is 19.9. The molecule has 0 saturated heterocycles. The van der Waals surface area contributed by atoms with Crippen molar-refractivity contribution in [1.82, 2.24) is 0 Å². The van der Waals surface area contributed by atoms with Crippen LogP contribution in [0.2, 0.25) is 39.3 Å². The quantitative estimate of drug-likeness (QED) is 0.178. The van der Waals surface area contributed by atoms with Crippen LogP contribution in [-0.2, 0) is 0 Å².